The van der Waals surface area contributed by atoms with E-state index in [9.17, 15) is 18.7 Å². The molecule has 0 unspecified atom stereocenters. The Bertz CT molecular complexity index is 1290. The summed E-state index contributed by atoms with van der Waals surface area (Å²) in [6.45, 7) is 6.33. The van der Waals surface area contributed by atoms with Crippen molar-refractivity contribution in [3.63, 3.8) is 0 Å². The van der Waals surface area contributed by atoms with Gasteiger partial charge in [-0.05, 0) is 50.8 Å². The molecule has 8 nitrogen and oxygen atoms in total. The predicted octanol–water partition coefficient (Wildman–Crippen LogP) is 3.73. The lowest BCUT2D eigenvalue weighted by molar-refractivity contribution is -0.138. The highest BCUT2D eigenvalue weighted by atomic mass is 19.3. The molecule has 1 aliphatic heterocycles. The van der Waals surface area contributed by atoms with Crippen molar-refractivity contribution < 1.29 is 23.8 Å². The van der Waals surface area contributed by atoms with Crippen molar-refractivity contribution in [3.8, 4) is 0 Å². The van der Waals surface area contributed by atoms with Gasteiger partial charge in [0, 0.05) is 36.8 Å². The average Bonchev–Trinajstić information content (AvgIpc) is 2.83. The number of hydrogen-bond acceptors (Lipinski definition) is 7. The van der Waals surface area contributed by atoms with E-state index in [4.69, 9.17) is 5.11 Å². The number of halogens is 2. The number of likely N-dealkylation sites (tertiary alicyclic amines) is 1. The highest BCUT2D eigenvalue weighted by Crippen LogP contribution is 2.37. The fourth-order valence-electron chi connectivity index (χ4n) is 5.04. The quantitative estimate of drug-likeness (QED) is 0.474. The lowest BCUT2D eigenvalue weighted by Gasteiger charge is -2.39. The van der Waals surface area contributed by atoms with E-state index in [1.807, 2.05) is 19.1 Å². The Morgan fingerprint density at radius 2 is 1.94 bits per heavy atom. The number of hydrogen-bond donors (Lipinski definition) is 3. The first-order valence-electron chi connectivity index (χ1n) is 11.9. The van der Waals surface area contributed by atoms with Crippen LogP contribution in [0.5, 0.6) is 0 Å². The molecule has 3 aromatic rings. The van der Waals surface area contributed by atoms with Crippen LogP contribution in [-0.2, 0) is 16.3 Å². The number of carbonyl (C=O) groups is 1. The van der Waals surface area contributed by atoms with Crippen LogP contribution < -0.4 is 5.32 Å². The monoisotopic (exact) mass is 499 g/mol. The van der Waals surface area contributed by atoms with Gasteiger partial charge >= 0.3 is 0 Å². The van der Waals surface area contributed by atoms with Crippen molar-refractivity contribution in [2.45, 2.75) is 58.1 Å². The SMILES string of the molecule is Cc1nc2ncnc(N[C@H](C)c3cccc(C(C)(F)F)c3C)c2cc1C1(O)CCN(C(=O)CO)CC1. The van der Waals surface area contributed by atoms with Crippen LogP contribution in [0.2, 0.25) is 0 Å². The van der Waals surface area contributed by atoms with E-state index in [2.05, 4.69) is 20.3 Å². The molecule has 4 rings (SSSR count). The van der Waals surface area contributed by atoms with Gasteiger partial charge in [0.25, 0.3) is 5.92 Å². The van der Waals surface area contributed by atoms with Gasteiger partial charge in [-0.3, -0.25) is 4.79 Å². The van der Waals surface area contributed by atoms with E-state index in [0.29, 0.717) is 59.6 Å². The third kappa shape index (κ3) is 4.87. The number of rotatable bonds is 6. The molecule has 3 N–H and O–H groups in total. The number of nitrogens with one attached hydrogen (secondary N) is 1. The van der Waals surface area contributed by atoms with Gasteiger partial charge in [-0.2, -0.15) is 0 Å². The van der Waals surface area contributed by atoms with Crippen molar-refractivity contribution in [1.29, 1.82) is 0 Å². The fourth-order valence-corrected chi connectivity index (χ4v) is 5.04. The van der Waals surface area contributed by atoms with E-state index < -0.39 is 18.1 Å². The number of amides is 1. The van der Waals surface area contributed by atoms with Gasteiger partial charge in [-0.25, -0.2) is 23.7 Å². The molecule has 1 saturated heterocycles. The van der Waals surface area contributed by atoms with Crippen molar-refractivity contribution >= 4 is 22.8 Å². The minimum Gasteiger partial charge on any atom is -0.387 e. The average molecular weight is 500 g/mol. The molecule has 2 aromatic heterocycles. The third-order valence-electron chi connectivity index (χ3n) is 7.06. The van der Waals surface area contributed by atoms with E-state index in [1.54, 1.807) is 19.9 Å². The van der Waals surface area contributed by atoms with E-state index >= 15 is 0 Å². The lowest BCUT2D eigenvalue weighted by Crippen LogP contribution is -2.46. The first-order chi connectivity index (χ1) is 16.9. The lowest BCUT2D eigenvalue weighted by atomic mass is 9.83. The fraction of sp³-hybridized carbons (Fsp3) is 0.462. The summed E-state index contributed by atoms with van der Waals surface area (Å²) in [5, 5.41) is 24.5. The van der Waals surface area contributed by atoms with Crippen LogP contribution >= 0.6 is 0 Å². The summed E-state index contributed by atoms with van der Waals surface area (Å²) >= 11 is 0. The predicted molar refractivity (Wildman–Crippen MR) is 132 cm³/mol. The highest BCUT2D eigenvalue weighted by molar-refractivity contribution is 5.87. The Morgan fingerprint density at radius 1 is 1.25 bits per heavy atom. The molecule has 0 radical (unpaired) electrons. The van der Waals surface area contributed by atoms with Crippen LogP contribution in [0.4, 0.5) is 14.6 Å². The molecule has 192 valence electrons. The number of anilines is 1. The summed E-state index contributed by atoms with van der Waals surface area (Å²) in [6.07, 6.45) is 1.99. The molecule has 1 amide bonds. The van der Waals surface area contributed by atoms with Gasteiger partial charge in [0.05, 0.1) is 17.0 Å². The molecule has 0 saturated carbocycles. The molecule has 0 aliphatic carbocycles. The number of piperidine rings is 1. The topological polar surface area (TPSA) is 111 Å². The number of aliphatic hydroxyl groups excluding tert-OH is 1. The summed E-state index contributed by atoms with van der Waals surface area (Å²) in [6, 6.07) is 6.34. The molecule has 1 aliphatic rings. The molecule has 0 spiro atoms. The standard InChI is InChI=1S/C26H31F2N5O3/c1-15-18(6-5-7-20(15)25(4,27)28)16(2)31-23-19-12-21(17(3)32-24(19)30-14-29-23)26(36)8-10-33(11-9-26)22(35)13-34/h5-7,12,14,16,34,36H,8-11,13H2,1-4H3,(H,29,30,31,32)/t16-/m1/s1. The van der Waals surface area contributed by atoms with Gasteiger partial charge in [0.2, 0.25) is 5.91 Å². The van der Waals surface area contributed by atoms with Crippen molar-refractivity contribution in [3.05, 3.63) is 58.5 Å². The Kier molecular flexibility index (Phi) is 6.94. The number of pyridine rings is 1. The molecular formula is C26H31F2N5O3. The first-order valence-corrected chi connectivity index (χ1v) is 11.9. The zero-order valence-electron chi connectivity index (χ0n) is 20.8. The number of aliphatic hydroxyl groups is 2. The van der Waals surface area contributed by atoms with Gasteiger partial charge in [0.1, 0.15) is 18.8 Å². The van der Waals surface area contributed by atoms with E-state index in [0.717, 1.165) is 12.5 Å². The second-order valence-electron chi connectivity index (χ2n) is 9.56. The maximum atomic E-state index is 14.1. The Labute approximate surface area is 208 Å². The third-order valence-corrected chi connectivity index (χ3v) is 7.06. The van der Waals surface area contributed by atoms with Crippen molar-refractivity contribution in [2.75, 3.05) is 25.0 Å². The molecular weight excluding hydrogens is 468 g/mol. The second kappa shape index (κ2) is 9.67. The number of aryl methyl sites for hydroxylation is 1. The van der Waals surface area contributed by atoms with Crippen LogP contribution in [0.15, 0.2) is 30.6 Å². The van der Waals surface area contributed by atoms with Crippen molar-refractivity contribution in [2.24, 2.45) is 0 Å². The Hall–Kier alpha value is -3.24. The summed E-state index contributed by atoms with van der Waals surface area (Å²) in [7, 11) is 0. The van der Waals surface area contributed by atoms with Gasteiger partial charge in [-0.15, -0.1) is 0 Å². The van der Waals surface area contributed by atoms with Crippen LogP contribution in [0.1, 0.15) is 60.7 Å². The summed E-state index contributed by atoms with van der Waals surface area (Å²) in [5.74, 6) is -2.84. The van der Waals surface area contributed by atoms with E-state index in [-0.39, 0.29) is 17.5 Å². The molecule has 36 heavy (non-hydrogen) atoms. The zero-order valence-corrected chi connectivity index (χ0v) is 20.8. The van der Waals surface area contributed by atoms with Crippen LogP contribution in [0.25, 0.3) is 11.0 Å². The smallest absolute Gasteiger partial charge is 0.270 e. The maximum absolute atomic E-state index is 14.1. The van der Waals surface area contributed by atoms with Crippen LogP contribution in [0.3, 0.4) is 0 Å². The number of alkyl halides is 2. The number of aromatic nitrogens is 3. The van der Waals surface area contributed by atoms with Gasteiger partial charge < -0.3 is 20.4 Å². The first kappa shape index (κ1) is 25.8. The number of fused-ring (bicyclic) bond motifs is 1. The highest BCUT2D eigenvalue weighted by Gasteiger charge is 2.37. The second-order valence-corrected chi connectivity index (χ2v) is 9.56. The molecule has 0 bridgehead atoms. The summed E-state index contributed by atoms with van der Waals surface area (Å²) in [4.78, 5) is 26.6. The normalized spacial score (nSPS) is 16.7. The maximum Gasteiger partial charge on any atom is 0.270 e. The molecule has 3 heterocycles. The number of benzene rings is 1. The van der Waals surface area contributed by atoms with Crippen LogP contribution in [0, 0.1) is 13.8 Å². The molecule has 1 fully saturated rings. The summed E-state index contributed by atoms with van der Waals surface area (Å²) in [5.41, 5.74) is 1.71. The minimum atomic E-state index is -2.95. The minimum absolute atomic E-state index is 0.0194. The Balaban J connectivity index is 1.67. The number of nitrogens with zero attached hydrogens (tertiary/aromatic N) is 4. The molecule has 1 atom stereocenters. The van der Waals surface area contributed by atoms with E-state index in [1.165, 1.54) is 17.3 Å². The Morgan fingerprint density at radius 3 is 2.58 bits per heavy atom. The van der Waals surface area contributed by atoms with Gasteiger partial charge in [0.15, 0.2) is 5.65 Å². The van der Waals surface area contributed by atoms with Crippen molar-refractivity contribution in [1.82, 2.24) is 19.9 Å². The largest absolute Gasteiger partial charge is 0.387 e. The number of carbonyl (C=O) groups excluding carboxylic acids is 1. The summed E-state index contributed by atoms with van der Waals surface area (Å²) < 4.78 is 28.1. The molecule has 10 heteroatoms. The zero-order chi connectivity index (χ0) is 26.3. The van der Waals surface area contributed by atoms with Gasteiger partial charge in [-0.1, -0.05) is 18.2 Å². The van der Waals surface area contributed by atoms with Crippen LogP contribution in [-0.4, -0.2) is 55.7 Å². The molecule has 1 aromatic carbocycles.